The van der Waals surface area contributed by atoms with E-state index < -0.39 is 29.7 Å². The molecule has 0 spiro atoms. The quantitative estimate of drug-likeness (QED) is 0.926. The summed E-state index contributed by atoms with van der Waals surface area (Å²) in [4.78, 5) is 24.3. The van der Waals surface area contributed by atoms with Gasteiger partial charge < -0.3 is 14.7 Å². The Hall–Kier alpha value is -2.09. The van der Waals surface area contributed by atoms with Crippen LogP contribution in [0, 0.1) is 0 Å². The number of benzene rings is 1. The zero-order chi connectivity index (χ0) is 16.3. The average molecular weight is 317 g/mol. The minimum Gasteiger partial charge on any atom is -0.481 e. The molecule has 1 atom stereocenters. The van der Waals surface area contributed by atoms with Crippen molar-refractivity contribution in [1.82, 2.24) is 4.90 Å². The zero-order valence-corrected chi connectivity index (χ0v) is 11.5. The number of hydrogen-bond donors (Lipinski definition) is 1. The molecule has 8 heteroatoms. The van der Waals surface area contributed by atoms with Crippen LogP contribution in [0.2, 0.25) is 0 Å². The second kappa shape index (κ2) is 6.35. The number of carboxylic acids is 1. The first kappa shape index (κ1) is 16.3. The molecule has 1 unspecified atom stereocenters. The Morgan fingerprint density at radius 2 is 1.91 bits per heavy atom. The molecule has 1 aromatic rings. The van der Waals surface area contributed by atoms with E-state index in [0.29, 0.717) is 0 Å². The fraction of sp³-hybridized carbons (Fsp3) is 0.429. The van der Waals surface area contributed by atoms with Gasteiger partial charge in [-0.3, -0.25) is 9.59 Å². The lowest BCUT2D eigenvalue weighted by molar-refractivity contribution is -0.141. The molecule has 1 N–H and O–H groups in total. The van der Waals surface area contributed by atoms with Crippen LogP contribution in [0.15, 0.2) is 24.3 Å². The summed E-state index contributed by atoms with van der Waals surface area (Å²) in [6.07, 6.45) is -5.28. The number of amides is 1. The third-order valence-electron chi connectivity index (χ3n) is 3.29. The first-order chi connectivity index (χ1) is 10.3. The number of carbonyl (C=O) groups excluding carboxylic acids is 1. The highest BCUT2D eigenvalue weighted by molar-refractivity contribution is 5.94. The predicted octanol–water partition coefficient (Wildman–Crippen LogP) is 2.02. The monoisotopic (exact) mass is 317 g/mol. The van der Waals surface area contributed by atoms with Gasteiger partial charge in [0.25, 0.3) is 5.91 Å². The summed E-state index contributed by atoms with van der Waals surface area (Å²) in [5.74, 6) is -1.47. The molecule has 1 aliphatic heterocycles. The Morgan fingerprint density at radius 1 is 1.27 bits per heavy atom. The number of alkyl halides is 3. The molecular weight excluding hydrogens is 303 g/mol. The molecule has 0 bridgehead atoms. The molecule has 1 aliphatic rings. The Bertz CT molecular complexity index is 556. The van der Waals surface area contributed by atoms with E-state index in [1.165, 1.54) is 4.90 Å². The van der Waals surface area contributed by atoms with E-state index in [0.717, 1.165) is 24.3 Å². The van der Waals surface area contributed by atoms with Crippen molar-refractivity contribution in [2.75, 3.05) is 19.7 Å². The van der Waals surface area contributed by atoms with E-state index in [2.05, 4.69) is 0 Å². The van der Waals surface area contributed by atoms with Gasteiger partial charge in [-0.05, 0) is 24.3 Å². The Kier molecular flexibility index (Phi) is 4.70. The number of morpholine rings is 1. The van der Waals surface area contributed by atoms with E-state index in [-0.39, 0.29) is 31.7 Å². The van der Waals surface area contributed by atoms with Crippen molar-refractivity contribution in [3.05, 3.63) is 35.4 Å². The molecule has 2 rings (SSSR count). The van der Waals surface area contributed by atoms with Crippen molar-refractivity contribution in [3.8, 4) is 0 Å². The Morgan fingerprint density at radius 3 is 2.45 bits per heavy atom. The second-order valence-corrected chi connectivity index (χ2v) is 4.92. The minimum atomic E-state index is -4.45. The van der Waals surface area contributed by atoms with Crippen LogP contribution in [0.1, 0.15) is 22.3 Å². The first-order valence-corrected chi connectivity index (χ1v) is 6.57. The number of nitrogens with zero attached hydrogens (tertiary/aromatic N) is 1. The zero-order valence-electron chi connectivity index (χ0n) is 11.5. The van der Waals surface area contributed by atoms with Crippen molar-refractivity contribution in [2.24, 2.45) is 0 Å². The molecule has 1 amide bonds. The SMILES string of the molecule is O=C(O)CC1CN(C(=O)c2ccc(C(F)(F)F)cc2)CCO1. The smallest absolute Gasteiger partial charge is 0.416 e. The average Bonchev–Trinajstić information content (AvgIpc) is 2.45. The number of halogens is 3. The van der Waals surface area contributed by atoms with Crippen LogP contribution in [0.25, 0.3) is 0 Å². The van der Waals surface area contributed by atoms with Crippen LogP contribution in [-0.4, -0.2) is 47.7 Å². The standard InChI is InChI=1S/C14H14F3NO4/c15-14(16,17)10-3-1-9(2-4-10)13(21)18-5-6-22-11(8-18)7-12(19)20/h1-4,11H,5-8H2,(H,19,20). The van der Waals surface area contributed by atoms with Gasteiger partial charge in [-0.2, -0.15) is 13.2 Å². The highest BCUT2D eigenvalue weighted by Crippen LogP contribution is 2.29. The van der Waals surface area contributed by atoms with Crippen LogP contribution >= 0.6 is 0 Å². The first-order valence-electron chi connectivity index (χ1n) is 6.57. The lowest BCUT2D eigenvalue weighted by Gasteiger charge is -2.32. The van der Waals surface area contributed by atoms with Crippen molar-refractivity contribution in [2.45, 2.75) is 18.7 Å². The number of rotatable bonds is 3. The molecule has 0 radical (unpaired) electrons. The summed E-state index contributed by atoms with van der Waals surface area (Å²) >= 11 is 0. The lowest BCUT2D eigenvalue weighted by Crippen LogP contribution is -2.46. The summed E-state index contributed by atoms with van der Waals surface area (Å²) in [7, 11) is 0. The topological polar surface area (TPSA) is 66.8 Å². The Labute approximate surface area is 124 Å². The highest BCUT2D eigenvalue weighted by atomic mass is 19.4. The van der Waals surface area contributed by atoms with Crippen LogP contribution in [-0.2, 0) is 15.7 Å². The molecule has 1 fully saturated rings. The third kappa shape index (κ3) is 3.97. The molecule has 0 aromatic heterocycles. The van der Waals surface area contributed by atoms with Gasteiger partial charge >= 0.3 is 12.1 Å². The van der Waals surface area contributed by atoms with E-state index in [9.17, 15) is 22.8 Å². The molecule has 1 aromatic carbocycles. The maximum atomic E-state index is 12.5. The molecule has 22 heavy (non-hydrogen) atoms. The fourth-order valence-corrected chi connectivity index (χ4v) is 2.21. The van der Waals surface area contributed by atoms with Crippen molar-refractivity contribution in [3.63, 3.8) is 0 Å². The van der Waals surface area contributed by atoms with Gasteiger partial charge in [0, 0.05) is 18.7 Å². The second-order valence-electron chi connectivity index (χ2n) is 4.92. The van der Waals surface area contributed by atoms with E-state index >= 15 is 0 Å². The van der Waals surface area contributed by atoms with Crippen LogP contribution < -0.4 is 0 Å². The summed E-state index contributed by atoms with van der Waals surface area (Å²) in [6.45, 7) is 0.576. The Balaban J connectivity index is 2.06. The molecule has 1 heterocycles. The third-order valence-corrected chi connectivity index (χ3v) is 3.29. The van der Waals surface area contributed by atoms with Gasteiger partial charge in [-0.15, -0.1) is 0 Å². The van der Waals surface area contributed by atoms with Gasteiger partial charge in [0.05, 0.1) is 24.7 Å². The number of aliphatic carboxylic acids is 1. The van der Waals surface area contributed by atoms with Gasteiger partial charge in [-0.1, -0.05) is 0 Å². The molecule has 5 nitrogen and oxygen atoms in total. The van der Waals surface area contributed by atoms with Crippen LogP contribution in [0.5, 0.6) is 0 Å². The molecule has 0 aliphatic carbocycles. The van der Waals surface area contributed by atoms with Gasteiger partial charge in [-0.25, -0.2) is 0 Å². The van der Waals surface area contributed by atoms with Crippen molar-refractivity contribution >= 4 is 11.9 Å². The van der Waals surface area contributed by atoms with Crippen molar-refractivity contribution in [1.29, 1.82) is 0 Å². The largest absolute Gasteiger partial charge is 0.481 e. The summed E-state index contributed by atoms with van der Waals surface area (Å²) in [5.41, 5.74) is -0.696. The van der Waals surface area contributed by atoms with E-state index in [1.54, 1.807) is 0 Å². The van der Waals surface area contributed by atoms with Crippen LogP contribution in [0.3, 0.4) is 0 Å². The van der Waals surface area contributed by atoms with Crippen molar-refractivity contribution < 1.29 is 32.6 Å². The van der Waals surface area contributed by atoms with Gasteiger partial charge in [0.2, 0.25) is 0 Å². The number of ether oxygens (including phenoxy) is 1. The van der Waals surface area contributed by atoms with Gasteiger partial charge in [0.15, 0.2) is 0 Å². The molecular formula is C14H14F3NO4. The molecule has 0 saturated carbocycles. The normalized spacial score (nSPS) is 19.0. The fourth-order valence-electron chi connectivity index (χ4n) is 2.21. The van der Waals surface area contributed by atoms with Crippen LogP contribution in [0.4, 0.5) is 13.2 Å². The van der Waals surface area contributed by atoms with E-state index in [4.69, 9.17) is 9.84 Å². The lowest BCUT2D eigenvalue weighted by atomic mass is 10.1. The van der Waals surface area contributed by atoms with Gasteiger partial charge in [0.1, 0.15) is 0 Å². The highest BCUT2D eigenvalue weighted by Gasteiger charge is 2.31. The number of carboxylic acid groups (broad SMARTS) is 1. The number of carbonyl (C=O) groups is 2. The number of hydrogen-bond acceptors (Lipinski definition) is 3. The molecule has 120 valence electrons. The maximum absolute atomic E-state index is 12.5. The predicted molar refractivity (Wildman–Crippen MR) is 69.3 cm³/mol. The summed E-state index contributed by atoms with van der Waals surface area (Å²) < 4.78 is 42.7. The van der Waals surface area contributed by atoms with E-state index in [1.807, 2.05) is 0 Å². The molecule has 1 saturated heterocycles. The summed E-state index contributed by atoms with van der Waals surface area (Å²) in [6, 6.07) is 3.93. The maximum Gasteiger partial charge on any atom is 0.416 e. The summed E-state index contributed by atoms with van der Waals surface area (Å²) in [5, 5.41) is 8.72. The minimum absolute atomic E-state index is 0.103.